The summed E-state index contributed by atoms with van der Waals surface area (Å²) in [6, 6.07) is 6.37. The quantitative estimate of drug-likeness (QED) is 0.391. The first-order chi connectivity index (χ1) is 13.0. The van der Waals surface area contributed by atoms with Crippen LogP contribution in [-0.4, -0.2) is 64.9 Å². The molecule has 0 unspecified atom stereocenters. The number of ether oxygens (including phenoxy) is 1. The van der Waals surface area contributed by atoms with E-state index in [-0.39, 0.29) is 18.0 Å². The van der Waals surface area contributed by atoms with Crippen LogP contribution in [0.15, 0.2) is 36.9 Å². The van der Waals surface area contributed by atoms with Crippen LogP contribution in [0.4, 0.5) is 5.82 Å². The Bertz CT molecular complexity index is 962. The first-order valence-corrected chi connectivity index (χ1v) is 8.33. The number of aliphatic hydroxyl groups is 3. The minimum absolute atomic E-state index is 0.0996. The Hall–Kier alpha value is -2.79. The molecule has 0 radical (unpaired) electrons. The van der Waals surface area contributed by atoms with Crippen molar-refractivity contribution < 1.29 is 25.2 Å². The lowest BCUT2D eigenvalue weighted by Gasteiger charge is -2.34. The Labute approximate surface area is 153 Å². The van der Waals surface area contributed by atoms with Gasteiger partial charge >= 0.3 is 0 Å². The van der Waals surface area contributed by atoms with Crippen molar-refractivity contribution in [2.45, 2.75) is 30.5 Å². The number of phenolic OH excluding ortho intramolecular Hbond substituents is 1. The molecule has 0 bridgehead atoms. The number of aliphatic hydroxyl groups excluding tert-OH is 3. The van der Waals surface area contributed by atoms with Crippen molar-refractivity contribution in [3.8, 4) is 5.75 Å². The maximum Gasteiger partial charge on any atom is 0.180 e. The highest BCUT2D eigenvalue weighted by Crippen LogP contribution is 2.40. The third kappa shape index (κ3) is 2.70. The standard InChI is InChI=1S/C17H19N5O5/c18-15-12-16(20-7-19-15)22(8-21-12)17(5-9-1-3-10(24)4-2-9)14(26)13(25)11(6-23)27-17/h1-4,7-8,11,13-14,23-26H,5-6H2,(H2,18,19,20)/t11-,13-,14-,17-/m1/s1. The first-order valence-electron chi connectivity index (χ1n) is 8.33. The topological polar surface area (TPSA) is 160 Å². The summed E-state index contributed by atoms with van der Waals surface area (Å²) in [5.41, 5.74) is 5.74. The maximum atomic E-state index is 10.9. The van der Waals surface area contributed by atoms with Gasteiger partial charge < -0.3 is 30.9 Å². The number of hydrogen-bond donors (Lipinski definition) is 5. The summed E-state index contributed by atoms with van der Waals surface area (Å²) in [5.74, 6) is 0.271. The Morgan fingerprint density at radius 3 is 2.56 bits per heavy atom. The van der Waals surface area contributed by atoms with Crippen molar-refractivity contribution >= 4 is 17.0 Å². The second-order valence-electron chi connectivity index (χ2n) is 6.51. The van der Waals surface area contributed by atoms with Crippen molar-refractivity contribution in [1.29, 1.82) is 0 Å². The minimum atomic E-state index is -1.49. The van der Waals surface area contributed by atoms with Gasteiger partial charge in [0.1, 0.15) is 35.9 Å². The molecule has 3 aromatic rings. The molecule has 3 heterocycles. The van der Waals surface area contributed by atoms with Crippen LogP contribution < -0.4 is 5.73 Å². The van der Waals surface area contributed by atoms with Crippen LogP contribution >= 0.6 is 0 Å². The Morgan fingerprint density at radius 1 is 1.15 bits per heavy atom. The molecule has 142 valence electrons. The molecule has 0 spiro atoms. The molecular formula is C17H19N5O5. The van der Waals surface area contributed by atoms with E-state index in [9.17, 15) is 20.4 Å². The predicted octanol–water partition coefficient (Wildman–Crippen LogP) is -0.878. The number of fused-ring (bicyclic) bond motifs is 1. The summed E-state index contributed by atoms with van der Waals surface area (Å²) in [7, 11) is 0. The Balaban J connectivity index is 1.88. The van der Waals surface area contributed by atoms with Crippen LogP contribution in [0.5, 0.6) is 5.75 Å². The van der Waals surface area contributed by atoms with Crippen molar-refractivity contribution in [3.05, 3.63) is 42.5 Å². The number of rotatable bonds is 4. The number of aromatic hydroxyl groups is 1. The largest absolute Gasteiger partial charge is 0.508 e. The second-order valence-corrected chi connectivity index (χ2v) is 6.51. The SMILES string of the molecule is Nc1ncnc2c1ncn2[C@]1(Cc2ccc(O)cc2)O[C@H](CO)[C@@H](O)[C@H]1O. The molecular weight excluding hydrogens is 354 g/mol. The third-order valence-electron chi connectivity index (χ3n) is 4.87. The molecule has 4 atom stereocenters. The highest BCUT2D eigenvalue weighted by molar-refractivity contribution is 5.81. The van der Waals surface area contributed by atoms with E-state index in [1.807, 2.05) is 0 Å². The Kier molecular flexibility index (Phi) is 4.19. The monoisotopic (exact) mass is 373 g/mol. The number of benzene rings is 1. The van der Waals surface area contributed by atoms with E-state index in [4.69, 9.17) is 10.5 Å². The van der Waals surface area contributed by atoms with E-state index in [0.717, 1.165) is 5.56 Å². The minimum Gasteiger partial charge on any atom is -0.508 e. The summed E-state index contributed by atoms with van der Waals surface area (Å²) >= 11 is 0. The van der Waals surface area contributed by atoms with Gasteiger partial charge in [-0.15, -0.1) is 0 Å². The normalized spacial score (nSPS) is 28.0. The smallest absolute Gasteiger partial charge is 0.180 e. The van der Waals surface area contributed by atoms with Crippen LogP contribution in [0, 0.1) is 0 Å². The zero-order chi connectivity index (χ0) is 19.2. The van der Waals surface area contributed by atoms with Gasteiger partial charge in [-0.1, -0.05) is 12.1 Å². The molecule has 6 N–H and O–H groups in total. The molecule has 1 aliphatic rings. The van der Waals surface area contributed by atoms with Gasteiger partial charge in [0, 0.05) is 6.42 Å². The highest BCUT2D eigenvalue weighted by Gasteiger charge is 2.56. The summed E-state index contributed by atoms with van der Waals surface area (Å²) in [5, 5.41) is 40.3. The lowest BCUT2D eigenvalue weighted by atomic mass is 9.94. The molecule has 27 heavy (non-hydrogen) atoms. The third-order valence-corrected chi connectivity index (χ3v) is 4.87. The first kappa shape index (κ1) is 17.6. The highest BCUT2D eigenvalue weighted by atomic mass is 16.6. The number of aromatic nitrogens is 4. The number of nitrogen functional groups attached to an aromatic ring is 1. The molecule has 1 fully saturated rings. The Morgan fingerprint density at radius 2 is 1.89 bits per heavy atom. The van der Waals surface area contributed by atoms with Gasteiger partial charge in [-0.2, -0.15) is 0 Å². The summed E-state index contributed by atoms with van der Waals surface area (Å²) < 4.78 is 7.46. The number of phenols is 1. The van der Waals surface area contributed by atoms with E-state index in [0.29, 0.717) is 11.2 Å². The van der Waals surface area contributed by atoms with E-state index in [1.54, 1.807) is 12.1 Å². The van der Waals surface area contributed by atoms with Gasteiger partial charge in [0.05, 0.1) is 12.9 Å². The number of nitrogens with zero attached hydrogens (tertiary/aromatic N) is 4. The van der Waals surface area contributed by atoms with Gasteiger partial charge in [0.2, 0.25) is 0 Å². The van der Waals surface area contributed by atoms with Crippen LogP contribution in [0.1, 0.15) is 5.56 Å². The fourth-order valence-corrected chi connectivity index (χ4v) is 3.48. The lowest BCUT2D eigenvalue weighted by molar-refractivity contribution is -0.145. The summed E-state index contributed by atoms with van der Waals surface area (Å²) in [6.07, 6.45) is -0.885. The molecule has 1 aromatic carbocycles. The van der Waals surface area contributed by atoms with Gasteiger partial charge in [-0.3, -0.25) is 4.57 Å². The maximum absolute atomic E-state index is 10.9. The van der Waals surface area contributed by atoms with Crippen molar-refractivity contribution in [1.82, 2.24) is 19.5 Å². The van der Waals surface area contributed by atoms with Crippen LogP contribution in [-0.2, 0) is 16.9 Å². The number of anilines is 1. The molecule has 2 aromatic heterocycles. The molecule has 0 saturated carbocycles. The fraction of sp³-hybridized carbons (Fsp3) is 0.353. The number of imidazole rings is 1. The zero-order valence-corrected chi connectivity index (χ0v) is 14.2. The molecule has 1 aliphatic heterocycles. The van der Waals surface area contributed by atoms with Gasteiger partial charge in [0.15, 0.2) is 17.2 Å². The van der Waals surface area contributed by atoms with Crippen LogP contribution in [0.25, 0.3) is 11.2 Å². The average molecular weight is 373 g/mol. The van der Waals surface area contributed by atoms with Crippen molar-refractivity contribution in [3.63, 3.8) is 0 Å². The van der Waals surface area contributed by atoms with Gasteiger partial charge in [0.25, 0.3) is 0 Å². The number of nitrogens with two attached hydrogens (primary N) is 1. The number of hydrogen-bond acceptors (Lipinski definition) is 9. The molecule has 0 amide bonds. The molecule has 0 aliphatic carbocycles. The molecule has 1 saturated heterocycles. The summed E-state index contributed by atoms with van der Waals surface area (Å²) in [6.45, 7) is -0.473. The molecule has 10 nitrogen and oxygen atoms in total. The van der Waals surface area contributed by atoms with Crippen molar-refractivity contribution in [2.75, 3.05) is 12.3 Å². The van der Waals surface area contributed by atoms with E-state index in [2.05, 4.69) is 15.0 Å². The van der Waals surface area contributed by atoms with E-state index < -0.39 is 30.6 Å². The average Bonchev–Trinajstić information content (AvgIpc) is 3.20. The fourth-order valence-electron chi connectivity index (χ4n) is 3.48. The molecule has 4 rings (SSSR count). The lowest BCUT2D eigenvalue weighted by Crippen LogP contribution is -2.47. The van der Waals surface area contributed by atoms with Gasteiger partial charge in [-0.05, 0) is 17.7 Å². The van der Waals surface area contributed by atoms with E-state index >= 15 is 0 Å². The zero-order valence-electron chi connectivity index (χ0n) is 14.2. The van der Waals surface area contributed by atoms with Crippen molar-refractivity contribution in [2.24, 2.45) is 0 Å². The second kappa shape index (κ2) is 6.43. The van der Waals surface area contributed by atoms with Gasteiger partial charge in [-0.25, -0.2) is 15.0 Å². The predicted molar refractivity (Wildman–Crippen MR) is 93.5 cm³/mol. The van der Waals surface area contributed by atoms with Crippen LogP contribution in [0.2, 0.25) is 0 Å². The van der Waals surface area contributed by atoms with E-state index in [1.165, 1.54) is 29.4 Å². The summed E-state index contributed by atoms with van der Waals surface area (Å²) in [4.78, 5) is 12.3. The molecule has 10 heteroatoms. The van der Waals surface area contributed by atoms with Crippen LogP contribution in [0.3, 0.4) is 0 Å².